The highest BCUT2D eigenvalue weighted by Crippen LogP contribution is 2.25. The molecule has 0 aliphatic rings. The van der Waals surface area contributed by atoms with Gasteiger partial charge in [-0.2, -0.15) is 0 Å². The number of aryl methyl sites for hydroxylation is 1. The smallest absolute Gasteiger partial charge is 0.0438 e. The maximum Gasteiger partial charge on any atom is 0.0438 e. The van der Waals surface area contributed by atoms with E-state index in [1.807, 2.05) is 30.6 Å². The Bertz CT molecular complexity index is 465. The Kier molecular flexibility index (Phi) is 3.58. The van der Waals surface area contributed by atoms with Gasteiger partial charge in [0.15, 0.2) is 0 Å². The molecule has 0 unspecified atom stereocenters. The molecule has 1 nitrogen and oxygen atoms in total. The van der Waals surface area contributed by atoms with Gasteiger partial charge in [0, 0.05) is 17.4 Å². The minimum Gasteiger partial charge on any atom is -0.265 e. The van der Waals surface area contributed by atoms with Gasteiger partial charge in [-0.15, -0.1) is 0 Å². The van der Waals surface area contributed by atoms with E-state index in [1.54, 1.807) is 0 Å². The number of pyridine rings is 1. The van der Waals surface area contributed by atoms with E-state index in [1.165, 1.54) is 16.7 Å². The maximum absolute atomic E-state index is 6.15. The third-order valence-corrected chi connectivity index (χ3v) is 2.95. The molecular weight excluding hydrogens is 218 g/mol. The first-order chi connectivity index (χ1) is 7.81. The van der Waals surface area contributed by atoms with Crippen molar-refractivity contribution < 1.29 is 0 Å². The van der Waals surface area contributed by atoms with E-state index < -0.39 is 0 Å². The topological polar surface area (TPSA) is 12.9 Å². The highest BCUT2D eigenvalue weighted by Gasteiger charge is 2.02. The molecule has 2 heteroatoms. The molecule has 2 rings (SSSR count). The minimum absolute atomic E-state index is 0.861. The predicted molar refractivity (Wildman–Crippen MR) is 68.7 cm³/mol. The zero-order chi connectivity index (χ0) is 11.4. The van der Waals surface area contributed by atoms with Crippen LogP contribution in [0.3, 0.4) is 0 Å². The molecule has 0 saturated carbocycles. The van der Waals surface area contributed by atoms with Gasteiger partial charge in [0.25, 0.3) is 0 Å². The summed E-state index contributed by atoms with van der Waals surface area (Å²) in [6.45, 7) is 2.16. The summed E-state index contributed by atoms with van der Waals surface area (Å²) in [4.78, 5) is 4.02. The second-order valence-corrected chi connectivity index (χ2v) is 4.20. The zero-order valence-electron chi connectivity index (χ0n) is 9.28. The minimum atomic E-state index is 0.861. The SMILES string of the molecule is CCCc1cc(-c2ccncc2)ccc1Cl. The molecule has 2 aromatic rings. The third-order valence-electron chi connectivity index (χ3n) is 2.58. The van der Waals surface area contributed by atoms with Crippen LogP contribution in [0.2, 0.25) is 5.02 Å². The van der Waals surface area contributed by atoms with Crippen molar-refractivity contribution in [3.63, 3.8) is 0 Å². The van der Waals surface area contributed by atoms with Crippen LogP contribution in [0, 0.1) is 0 Å². The van der Waals surface area contributed by atoms with Crippen molar-refractivity contribution >= 4 is 11.6 Å². The highest BCUT2D eigenvalue weighted by atomic mass is 35.5. The van der Waals surface area contributed by atoms with Crippen molar-refractivity contribution in [3.8, 4) is 11.1 Å². The van der Waals surface area contributed by atoms with Crippen LogP contribution in [0.1, 0.15) is 18.9 Å². The first-order valence-electron chi connectivity index (χ1n) is 5.50. The van der Waals surface area contributed by atoms with Crippen molar-refractivity contribution in [2.24, 2.45) is 0 Å². The van der Waals surface area contributed by atoms with Gasteiger partial charge < -0.3 is 0 Å². The molecule has 0 radical (unpaired) electrons. The molecule has 0 atom stereocenters. The van der Waals surface area contributed by atoms with Gasteiger partial charge in [-0.05, 0) is 47.4 Å². The molecule has 0 N–H and O–H groups in total. The monoisotopic (exact) mass is 231 g/mol. The van der Waals surface area contributed by atoms with Crippen LogP contribution in [0.25, 0.3) is 11.1 Å². The zero-order valence-corrected chi connectivity index (χ0v) is 10.0. The first-order valence-corrected chi connectivity index (χ1v) is 5.88. The average Bonchev–Trinajstić information content (AvgIpc) is 2.33. The first kappa shape index (κ1) is 11.2. The van der Waals surface area contributed by atoms with E-state index in [0.717, 1.165) is 17.9 Å². The summed E-state index contributed by atoms with van der Waals surface area (Å²) in [6, 6.07) is 10.2. The molecule has 1 aromatic heterocycles. The van der Waals surface area contributed by atoms with Gasteiger partial charge in [-0.3, -0.25) is 4.98 Å². The fourth-order valence-corrected chi connectivity index (χ4v) is 1.97. The Morgan fingerprint density at radius 1 is 1.06 bits per heavy atom. The van der Waals surface area contributed by atoms with Gasteiger partial charge in [0.2, 0.25) is 0 Å². The summed E-state index contributed by atoms with van der Waals surface area (Å²) in [5.74, 6) is 0. The number of nitrogens with zero attached hydrogens (tertiary/aromatic N) is 1. The molecule has 16 heavy (non-hydrogen) atoms. The number of hydrogen-bond acceptors (Lipinski definition) is 1. The van der Waals surface area contributed by atoms with Crippen LogP contribution >= 0.6 is 11.6 Å². The molecule has 1 heterocycles. The van der Waals surface area contributed by atoms with Crippen LogP contribution in [0.4, 0.5) is 0 Å². The summed E-state index contributed by atoms with van der Waals surface area (Å²) < 4.78 is 0. The molecule has 1 aromatic carbocycles. The second kappa shape index (κ2) is 5.13. The number of benzene rings is 1. The van der Waals surface area contributed by atoms with E-state index in [4.69, 9.17) is 11.6 Å². The summed E-state index contributed by atoms with van der Waals surface area (Å²) in [7, 11) is 0. The number of halogens is 1. The molecule has 0 aliphatic carbocycles. The van der Waals surface area contributed by atoms with Gasteiger partial charge in [-0.25, -0.2) is 0 Å². The van der Waals surface area contributed by atoms with E-state index in [9.17, 15) is 0 Å². The average molecular weight is 232 g/mol. The quantitative estimate of drug-likeness (QED) is 0.765. The molecule has 0 spiro atoms. The summed E-state index contributed by atoms with van der Waals surface area (Å²) in [5.41, 5.74) is 3.61. The Hall–Kier alpha value is -1.34. The van der Waals surface area contributed by atoms with Crippen molar-refractivity contribution in [1.82, 2.24) is 4.98 Å². The lowest BCUT2D eigenvalue weighted by Crippen LogP contribution is -1.87. The van der Waals surface area contributed by atoms with Crippen molar-refractivity contribution in [3.05, 3.63) is 53.3 Å². The summed E-state index contributed by atoms with van der Waals surface area (Å²) >= 11 is 6.15. The summed E-state index contributed by atoms with van der Waals surface area (Å²) in [5, 5.41) is 0.861. The van der Waals surface area contributed by atoms with Crippen molar-refractivity contribution in [2.45, 2.75) is 19.8 Å². The number of aromatic nitrogens is 1. The lowest BCUT2D eigenvalue weighted by Gasteiger charge is -2.06. The molecule has 82 valence electrons. The van der Waals surface area contributed by atoms with Crippen molar-refractivity contribution in [1.29, 1.82) is 0 Å². The van der Waals surface area contributed by atoms with Crippen LogP contribution in [0.5, 0.6) is 0 Å². The lowest BCUT2D eigenvalue weighted by atomic mass is 10.0. The van der Waals surface area contributed by atoms with Crippen molar-refractivity contribution in [2.75, 3.05) is 0 Å². The maximum atomic E-state index is 6.15. The molecular formula is C14H14ClN. The molecule has 0 aliphatic heterocycles. The van der Waals surface area contributed by atoms with Gasteiger partial charge in [0.1, 0.15) is 0 Å². The van der Waals surface area contributed by atoms with Gasteiger partial charge in [-0.1, -0.05) is 31.0 Å². The fraction of sp³-hybridized carbons (Fsp3) is 0.214. The standard InChI is InChI=1S/C14H14ClN/c1-2-3-13-10-12(4-5-14(13)15)11-6-8-16-9-7-11/h4-10H,2-3H2,1H3. The predicted octanol–water partition coefficient (Wildman–Crippen LogP) is 4.35. The second-order valence-electron chi connectivity index (χ2n) is 3.79. The molecule has 0 bridgehead atoms. The Morgan fingerprint density at radius 2 is 1.81 bits per heavy atom. The van der Waals surface area contributed by atoms with E-state index in [2.05, 4.69) is 24.0 Å². The number of rotatable bonds is 3. The lowest BCUT2D eigenvalue weighted by molar-refractivity contribution is 0.922. The van der Waals surface area contributed by atoms with Crippen LogP contribution < -0.4 is 0 Å². The largest absolute Gasteiger partial charge is 0.265 e. The molecule has 0 amide bonds. The Morgan fingerprint density at radius 3 is 2.50 bits per heavy atom. The van der Waals surface area contributed by atoms with E-state index in [0.29, 0.717) is 0 Å². The number of hydrogen-bond donors (Lipinski definition) is 0. The van der Waals surface area contributed by atoms with Crippen LogP contribution in [-0.4, -0.2) is 4.98 Å². The molecule has 0 saturated heterocycles. The Labute approximate surface area is 101 Å². The van der Waals surface area contributed by atoms with Crippen LogP contribution in [0.15, 0.2) is 42.7 Å². The third kappa shape index (κ3) is 2.42. The Balaban J connectivity index is 2.40. The van der Waals surface area contributed by atoms with E-state index >= 15 is 0 Å². The normalized spacial score (nSPS) is 10.4. The van der Waals surface area contributed by atoms with Gasteiger partial charge >= 0.3 is 0 Å². The van der Waals surface area contributed by atoms with Crippen LogP contribution in [-0.2, 0) is 6.42 Å². The van der Waals surface area contributed by atoms with Gasteiger partial charge in [0.05, 0.1) is 0 Å². The summed E-state index contributed by atoms with van der Waals surface area (Å²) in [6.07, 6.45) is 5.75. The van der Waals surface area contributed by atoms with E-state index in [-0.39, 0.29) is 0 Å². The molecule has 0 fully saturated rings. The highest BCUT2D eigenvalue weighted by molar-refractivity contribution is 6.31. The fourth-order valence-electron chi connectivity index (χ4n) is 1.76.